The van der Waals surface area contributed by atoms with Crippen molar-refractivity contribution in [3.05, 3.63) is 32.3 Å². The summed E-state index contributed by atoms with van der Waals surface area (Å²) in [5, 5.41) is 4.94. The standard InChI is InChI=1S/C16H24N4O4/c21-14-11-12(17-18-16(14)23)1-2-15(22)20-5-3-13(4-6-20)19-7-9-24-10-8-19/h11,13H,1-10H2,(H,17,21)(H,18,23). The van der Waals surface area contributed by atoms with Crippen LogP contribution in [0, 0.1) is 0 Å². The molecule has 8 nitrogen and oxygen atoms in total. The first-order chi connectivity index (χ1) is 11.6. The van der Waals surface area contributed by atoms with Crippen molar-refractivity contribution < 1.29 is 9.53 Å². The minimum Gasteiger partial charge on any atom is -0.379 e. The van der Waals surface area contributed by atoms with Gasteiger partial charge in [0.05, 0.1) is 13.2 Å². The summed E-state index contributed by atoms with van der Waals surface area (Å²) < 4.78 is 5.39. The summed E-state index contributed by atoms with van der Waals surface area (Å²) >= 11 is 0. The van der Waals surface area contributed by atoms with Crippen molar-refractivity contribution in [1.82, 2.24) is 20.0 Å². The van der Waals surface area contributed by atoms with Gasteiger partial charge in [-0.1, -0.05) is 0 Å². The van der Waals surface area contributed by atoms with Crippen LogP contribution in [-0.4, -0.2) is 71.3 Å². The molecule has 0 aromatic carbocycles. The van der Waals surface area contributed by atoms with E-state index in [9.17, 15) is 14.4 Å². The van der Waals surface area contributed by atoms with Crippen LogP contribution in [0.4, 0.5) is 0 Å². The lowest BCUT2D eigenvalue weighted by Crippen LogP contribution is -2.50. The van der Waals surface area contributed by atoms with Crippen LogP contribution in [0.3, 0.4) is 0 Å². The fourth-order valence-corrected chi connectivity index (χ4v) is 3.42. The third-order valence-corrected chi connectivity index (χ3v) is 4.85. The maximum Gasteiger partial charge on any atom is 0.310 e. The second-order valence-electron chi connectivity index (χ2n) is 6.37. The molecule has 0 radical (unpaired) electrons. The third kappa shape index (κ3) is 4.12. The molecule has 2 fully saturated rings. The normalized spacial score (nSPS) is 20.2. The minimum absolute atomic E-state index is 0.0995. The number of rotatable bonds is 4. The van der Waals surface area contributed by atoms with Crippen LogP contribution in [0.2, 0.25) is 0 Å². The smallest absolute Gasteiger partial charge is 0.310 e. The molecule has 132 valence electrons. The number of aryl methyl sites for hydroxylation is 1. The van der Waals surface area contributed by atoms with Crippen molar-refractivity contribution in [3.63, 3.8) is 0 Å². The van der Waals surface area contributed by atoms with Crippen molar-refractivity contribution in [2.24, 2.45) is 0 Å². The predicted octanol–water partition coefficient (Wildman–Crippen LogP) is -0.681. The number of ether oxygens (including phenoxy) is 1. The summed E-state index contributed by atoms with van der Waals surface area (Å²) in [6.07, 6.45) is 2.76. The zero-order valence-corrected chi connectivity index (χ0v) is 13.8. The Hall–Kier alpha value is -1.93. The number of hydrogen-bond donors (Lipinski definition) is 2. The van der Waals surface area contributed by atoms with Crippen LogP contribution < -0.4 is 11.0 Å². The number of aromatic amines is 2. The van der Waals surface area contributed by atoms with Gasteiger partial charge in [0.2, 0.25) is 11.3 Å². The summed E-state index contributed by atoms with van der Waals surface area (Å²) in [6.45, 7) is 5.13. The highest BCUT2D eigenvalue weighted by Crippen LogP contribution is 2.18. The summed E-state index contributed by atoms with van der Waals surface area (Å²) in [7, 11) is 0. The van der Waals surface area contributed by atoms with E-state index in [1.165, 1.54) is 6.07 Å². The predicted molar refractivity (Wildman–Crippen MR) is 88.0 cm³/mol. The molecule has 2 aliphatic heterocycles. The number of amides is 1. The molecule has 2 aliphatic rings. The Kier molecular flexibility index (Phi) is 5.47. The molecule has 0 unspecified atom stereocenters. The summed E-state index contributed by atoms with van der Waals surface area (Å²) in [5.41, 5.74) is -0.672. The first-order valence-electron chi connectivity index (χ1n) is 8.54. The van der Waals surface area contributed by atoms with Crippen LogP contribution in [0.1, 0.15) is 25.0 Å². The number of hydrogen-bond acceptors (Lipinski definition) is 5. The van der Waals surface area contributed by atoms with Crippen molar-refractivity contribution >= 4 is 5.91 Å². The number of carbonyl (C=O) groups excluding carboxylic acids is 1. The molecular formula is C16H24N4O4. The molecule has 1 aromatic rings. The number of aromatic nitrogens is 2. The highest BCUT2D eigenvalue weighted by Gasteiger charge is 2.27. The average Bonchev–Trinajstić information content (AvgIpc) is 2.63. The van der Waals surface area contributed by atoms with E-state index in [-0.39, 0.29) is 5.91 Å². The van der Waals surface area contributed by atoms with Crippen molar-refractivity contribution in [1.29, 1.82) is 0 Å². The second kappa shape index (κ2) is 7.76. The fourth-order valence-electron chi connectivity index (χ4n) is 3.42. The van der Waals surface area contributed by atoms with Crippen LogP contribution in [0.15, 0.2) is 15.7 Å². The number of piperidine rings is 1. The molecule has 1 amide bonds. The van der Waals surface area contributed by atoms with E-state index in [4.69, 9.17) is 4.74 Å². The van der Waals surface area contributed by atoms with Crippen molar-refractivity contribution in [2.75, 3.05) is 39.4 Å². The number of nitrogens with one attached hydrogen (secondary N) is 2. The highest BCUT2D eigenvalue weighted by atomic mass is 16.5. The van der Waals surface area contributed by atoms with Gasteiger partial charge in [0, 0.05) is 50.4 Å². The fraction of sp³-hybridized carbons (Fsp3) is 0.688. The summed E-state index contributed by atoms with van der Waals surface area (Å²) in [6, 6.07) is 1.81. The third-order valence-electron chi connectivity index (χ3n) is 4.85. The number of likely N-dealkylation sites (tertiary alicyclic amines) is 1. The Balaban J connectivity index is 1.45. The van der Waals surface area contributed by atoms with Crippen molar-refractivity contribution in [2.45, 2.75) is 31.7 Å². The first kappa shape index (κ1) is 16.9. The van der Waals surface area contributed by atoms with Crippen LogP contribution in [0.5, 0.6) is 0 Å². The van der Waals surface area contributed by atoms with E-state index in [2.05, 4.69) is 15.1 Å². The molecule has 0 bridgehead atoms. The molecule has 24 heavy (non-hydrogen) atoms. The summed E-state index contributed by atoms with van der Waals surface area (Å²) in [5.74, 6) is 0.0995. The zero-order valence-electron chi connectivity index (χ0n) is 13.8. The molecule has 2 saturated heterocycles. The number of carbonyl (C=O) groups is 1. The molecule has 8 heteroatoms. The van der Waals surface area contributed by atoms with E-state index in [1.807, 2.05) is 4.90 Å². The van der Waals surface area contributed by atoms with Crippen LogP contribution in [0.25, 0.3) is 0 Å². The number of nitrogens with zero attached hydrogens (tertiary/aromatic N) is 2. The minimum atomic E-state index is -0.671. The van der Waals surface area contributed by atoms with Gasteiger partial charge in [-0.15, -0.1) is 0 Å². The monoisotopic (exact) mass is 336 g/mol. The maximum absolute atomic E-state index is 12.3. The van der Waals surface area contributed by atoms with Gasteiger partial charge in [-0.2, -0.15) is 0 Å². The lowest BCUT2D eigenvalue weighted by atomic mass is 10.0. The van der Waals surface area contributed by atoms with E-state index >= 15 is 0 Å². The Labute approximate surface area is 139 Å². The summed E-state index contributed by atoms with van der Waals surface area (Å²) in [4.78, 5) is 39.0. The molecule has 3 heterocycles. The zero-order chi connectivity index (χ0) is 16.9. The Morgan fingerprint density at radius 3 is 2.50 bits per heavy atom. The number of morpholine rings is 1. The molecule has 2 N–H and O–H groups in total. The van der Waals surface area contributed by atoms with Crippen LogP contribution >= 0.6 is 0 Å². The van der Waals surface area contributed by atoms with Gasteiger partial charge in [-0.05, 0) is 19.3 Å². The topological polar surface area (TPSA) is 98.5 Å². The van der Waals surface area contributed by atoms with E-state index in [0.29, 0.717) is 24.6 Å². The Morgan fingerprint density at radius 1 is 1.12 bits per heavy atom. The van der Waals surface area contributed by atoms with Gasteiger partial charge >= 0.3 is 5.56 Å². The molecule has 3 rings (SSSR count). The molecular weight excluding hydrogens is 312 g/mol. The second-order valence-corrected chi connectivity index (χ2v) is 6.37. The Morgan fingerprint density at radius 2 is 1.83 bits per heavy atom. The van der Waals surface area contributed by atoms with Gasteiger partial charge in [0.15, 0.2) is 0 Å². The van der Waals surface area contributed by atoms with E-state index < -0.39 is 11.0 Å². The number of H-pyrrole nitrogens is 2. The molecule has 0 aliphatic carbocycles. The van der Waals surface area contributed by atoms with Gasteiger partial charge in [-0.25, -0.2) is 0 Å². The first-order valence-corrected chi connectivity index (χ1v) is 8.54. The SMILES string of the molecule is O=C(CCc1cc(=O)c(=O)[nH][nH]1)N1CCC(N2CCOCC2)CC1. The van der Waals surface area contributed by atoms with E-state index in [0.717, 1.165) is 52.2 Å². The largest absolute Gasteiger partial charge is 0.379 e. The van der Waals surface area contributed by atoms with Crippen LogP contribution in [-0.2, 0) is 16.0 Å². The molecule has 0 atom stereocenters. The van der Waals surface area contributed by atoms with Gasteiger partial charge in [-0.3, -0.25) is 24.4 Å². The van der Waals surface area contributed by atoms with Gasteiger partial charge < -0.3 is 14.7 Å². The molecule has 1 aromatic heterocycles. The van der Waals surface area contributed by atoms with Gasteiger partial charge in [0.25, 0.3) is 0 Å². The lowest BCUT2D eigenvalue weighted by molar-refractivity contribution is -0.133. The van der Waals surface area contributed by atoms with Gasteiger partial charge in [0.1, 0.15) is 0 Å². The highest BCUT2D eigenvalue weighted by molar-refractivity contribution is 5.76. The average molecular weight is 336 g/mol. The molecule has 0 saturated carbocycles. The molecule has 0 spiro atoms. The quantitative estimate of drug-likeness (QED) is 0.710. The van der Waals surface area contributed by atoms with E-state index in [1.54, 1.807) is 0 Å². The van der Waals surface area contributed by atoms with Crippen molar-refractivity contribution in [3.8, 4) is 0 Å². The lowest BCUT2D eigenvalue weighted by Gasteiger charge is -2.40. The maximum atomic E-state index is 12.3. The Bertz CT molecular complexity index is 669.